The van der Waals surface area contributed by atoms with Gasteiger partial charge in [0.15, 0.2) is 0 Å². The van der Waals surface area contributed by atoms with Crippen molar-refractivity contribution in [3.63, 3.8) is 0 Å². The smallest absolute Gasteiger partial charge is 0.235 e. The summed E-state index contributed by atoms with van der Waals surface area (Å²) in [6.07, 6.45) is 2.69. The lowest BCUT2D eigenvalue weighted by Gasteiger charge is -2.20. The van der Waals surface area contributed by atoms with Crippen LogP contribution in [0.3, 0.4) is 0 Å². The van der Waals surface area contributed by atoms with Crippen LogP contribution in [0.4, 0.5) is 0 Å². The summed E-state index contributed by atoms with van der Waals surface area (Å²) >= 11 is 6.07. The Morgan fingerprint density at radius 2 is 1.92 bits per heavy atom. The maximum absolute atomic E-state index is 12.1. The first-order valence-corrected chi connectivity index (χ1v) is 9.44. The first-order chi connectivity index (χ1) is 11.4. The number of aromatic nitrogens is 1. The molecular formula is C16H18ClN3O3S. The quantitative estimate of drug-likeness (QED) is 0.809. The van der Waals surface area contributed by atoms with Crippen molar-refractivity contribution in [2.24, 2.45) is 0 Å². The molecule has 1 N–H and O–H groups in total. The monoisotopic (exact) mass is 367 g/mol. The van der Waals surface area contributed by atoms with Crippen LogP contribution in [0.15, 0.2) is 48.7 Å². The van der Waals surface area contributed by atoms with Crippen LogP contribution >= 0.6 is 11.6 Å². The van der Waals surface area contributed by atoms with Crippen LogP contribution in [0.25, 0.3) is 0 Å². The molecule has 0 bridgehead atoms. The third-order valence-electron chi connectivity index (χ3n) is 3.29. The van der Waals surface area contributed by atoms with Gasteiger partial charge in [0.1, 0.15) is 0 Å². The molecule has 0 saturated carbocycles. The van der Waals surface area contributed by atoms with Crippen molar-refractivity contribution in [1.29, 1.82) is 0 Å². The number of carbonyl (C=O) groups is 1. The molecule has 24 heavy (non-hydrogen) atoms. The largest absolute Gasteiger partial charge is 0.349 e. The number of hydrogen-bond acceptors (Lipinski definition) is 4. The van der Waals surface area contributed by atoms with Crippen molar-refractivity contribution >= 4 is 27.5 Å². The molecule has 0 radical (unpaired) electrons. The number of halogens is 1. The highest BCUT2D eigenvalue weighted by molar-refractivity contribution is 7.88. The topological polar surface area (TPSA) is 79.4 Å². The van der Waals surface area contributed by atoms with E-state index in [1.165, 1.54) is 0 Å². The minimum absolute atomic E-state index is 0.0372. The Kier molecular flexibility index (Phi) is 6.30. The molecule has 1 aromatic carbocycles. The highest BCUT2D eigenvalue weighted by Gasteiger charge is 2.21. The van der Waals surface area contributed by atoms with E-state index in [2.05, 4.69) is 10.3 Å². The number of nitrogens with zero attached hydrogens (tertiary/aromatic N) is 2. The van der Waals surface area contributed by atoms with Crippen molar-refractivity contribution in [3.05, 3.63) is 64.9 Å². The second-order valence-electron chi connectivity index (χ2n) is 5.22. The fourth-order valence-electron chi connectivity index (χ4n) is 2.01. The number of pyridine rings is 1. The van der Waals surface area contributed by atoms with Crippen molar-refractivity contribution in [3.8, 4) is 0 Å². The third kappa shape index (κ3) is 5.59. The molecular weight excluding hydrogens is 350 g/mol. The lowest BCUT2D eigenvalue weighted by atomic mass is 10.2. The molecule has 0 saturated heterocycles. The summed E-state index contributed by atoms with van der Waals surface area (Å²) in [5.74, 6) is -0.405. The summed E-state index contributed by atoms with van der Waals surface area (Å²) in [4.78, 5) is 16.2. The first kappa shape index (κ1) is 18.4. The van der Waals surface area contributed by atoms with Crippen molar-refractivity contribution in [1.82, 2.24) is 14.6 Å². The Hall–Kier alpha value is -1.96. The number of benzene rings is 1. The highest BCUT2D eigenvalue weighted by Crippen LogP contribution is 2.18. The molecule has 1 amide bonds. The van der Waals surface area contributed by atoms with E-state index in [4.69, 9.17) is 11.6 Å². The maximum Gasteiger partial charge on any atom is 0.235 e. The first-order valence-electron chi connectivity index (χ1n) is 7.21. The fourth-order valence-corrected chi connectivity index (χ4v) is 2.94. The Morgan fingerprint density at radius 3 is 2.54 bits per heavy atom. The molecule has 0 unspecified atom stereocenters. The second kappa shape index (κ2) is 8.23. The zero-order valence-electron chi connectivity index (χ0n) is 13.1. The number of nitrogens with one attached hydrogen (secondary N) is 1. The van der Waals surface area contributed by atoms with Gasteiger partial charge in [0, 0.05) is 17.8 Å². The van der Waals surface area contributed by atoms with Gasteiger partial charge in [0.2, 0.25) is 15.9 Å². The van der Waals surface area contributed by atoms with Crippen molar-refractivity contribution < 1.29 is 13.2 Å². The molecule has 6 nitrogen and oxygen atoms in total. The molecule has 1 aromatic heterocycles. The van der Waals surface area contributed by atoms with Crippen LogP contribution < -0.4 is 5.32 Å². The second-order valence-corrected chi connectivity index (χ2v) is 7.61. The molecule has 8 heteroatoms. The normalized spacial score (nSPS) is 11.5. The van der Waals surface area contributed by atoms with Crippen LogP contribution in [0.5, 0.6) is 0 Å². The SMILES string of the molecule is CS(=O)(=O)N(CC(=O)NCc1ccccn1)Cc1ccccc1Cl. The number of carbonyl (C=O) groups excluding carboxylic acids is 1. The molecule has 128 valence electrons. The summed E-state index contributed by atoms with van der Waals surface area (Å²) < 4.78 is 25.0. The van der Waals surface area contributed by atoms with E-state index in [9.17, 15) is 13.2 Å². The molecule has 2 rings (SSSR count). The predicted octanol–water partition coefficient (Wildman–Crippen LogP) is 1.81. The van der Waals surface area contributed by atoms with Gasteiger partial charge in [-0.05, 0) is 23.8 Å². The fraction of sp³-hybridized carbons (Fsp3) is 0.250. The van der Waals surface area contributed by atoms with Gasteiger partial charge in [0.25, 0.3) is 0 Å². The highest BCUT2D eigenvalue weighted by atomic mass is 35.5. The molecule has 0 fully saturated rings. The van der Waals surface area contributed by atoms with Gasteiger partial charge in [0.05, 0.1) is 25.0 Å². The van der Waals surface area contributed by atoms with Gasteiger partial charge in [-0.3, -0.25) is 9.78 Å². The van der Waals surface area contributed by atoms with Gasteiger partial charge in [-0.15, -0.1) is 0 Å². The van der Waals surface area contributed by atoms with Crippen LogP contribution in [-0.4, -0.2) is 36.4 Å². The van der Waals surface area contributed by atoms with Crippen molar-refractivity contribution in [2.75, 3.05) is 12.8 Å². The Labute approximate surface area is 146 Å². The standard InChI is InChI=1S/C16H18ClN3O3S/c1-24(22,23)20(11-13-6-2-3-8-15(13)17)12-16(21)19-10-14-7-4-5-9-18-14/h2-9H,10-12H2,1H3,(H,19,21). The van der Waals surface area contributed by atoms with Gasteiger partial charge in [-0.2, -0.15) is 4.31 Å². The van der Waals surface area contributed by atoms with Gasteiger partial charge >= 0.3 is 0 Å². The van der Waals surface area contributed by atoms with Crippen molar-refractivity contribution in [2.45, 2.75) is 13.1 Å². The van der Waals surface area contributed by atoms with Crippen LogP contribution in [0, 0.1) is 0 Å². The molecule has 0 aliphatic rings. The molecule has 2 aromatic rings. The lowest BCUT2D eigenvalue weighted by molar-refractivity contribution is -0.121. The molecule has 0 aliphatic heterocycles. The van der Waals surface area contributed by atoms with E-state index in [1.807, 2.05) is 6.07 Å². The number of rotatable bonds is 7. The van der Waals surface area contributed by atoms with E-state index in [1.54, 1.807) is 42.6 Å². The molecule has 0 spiro atoms. The van der Waals surface area contributed by atoms with E-state index in [-0.39, 0.29) is 19.6 Å². The van der Waals surface area contributed by atoms with Gasteiger partial charge < -0.3 is 5.32 Å². The van der Waals surface area contributed by atoms with E-state index in [0.717, 1.165) is 10.6 Å². The minimum atomic E-state index is -3.56. The average Bonchev–Trinajstić information content (AvgIpc) is 2.54. The summed E-state index contributed by atoms with van der Waals surface area (Å²) in [6.45, 7) is -0.00419. The van der Waals surface area contributed by atoms with Gasteiger partial charge in [-0.25, -0.2) is 8.42 Å². The average molecular weight is 368 g/mol. The summed E-state index contributed by atoms with van der Waals surface area (Å²) in [5.41, 5.74) is 1.34. The molecule has 0 aliphatic carbocycles. The summed E-state index contributed by atoms with van der Waals surface area (Å²) in [6, 6.07) is 12.3. The lowest BCUT2D eigenvalue weighted by Crippen LogP contribution is -2.39. The Morgan fingerprint density at radius 1 is 1.21 bits per heavy atom. The summed E-state index contributed by atoms with van der Waals surface area (Å²) in [7, 11) is -3.56. The zero-order valence-corrected chi connectivity index (χ0v) is 14.7. The van der Waals surface area contributed by atoms with E-state index in [0.29, 0.717) is 16.3 Å². The molecule has 0 atom stereocenters. The van der Waals surface area contributed by atoms with E-state index < -0.39 is 15.9 Å². The third-order valence-corrected chi connectivity index (χ3v) is 4.85. The van der Waals surface area contributed by atoms with Crippen LogP contribution in [-0.2, 0) is 27.9 Å². The van der Waals surface area contributed by atoms with Crippen LogP contribution in [0.2, 0.25) is 5.02 Å². The Bertz CT molecular complexity index is 797. The summed E-state index contributed by atoms with van der Waals surface area (Å²) in [5, 5.41) is 3.12. The van der Waals surface area contributed by atoms with Gasteiger partial charge in [-0.1, -0.05) is 35.9 Å². The number of hydrogen-bond donors (Lipinski definition) is 1. The maximum atomic E-state index is 12.1. The number of amides is 1. The predicted molar refractivity (Wildman–Crippen MR) is 92.8 cm³/mol. The molecule has 1 heterocycles. The Balaban J connectivity index is 2.01. The zero-order chi connectivity index (χ0) is 17.6. The number of sulfonamides is 1. The van der Waals surface area contributed by atoms with Crippen LogP contribution in [0.1, 0.15) is 11.3 Å². The van der Waals surface area contributed by atoms with E-state index >= 15 is 0 Å². The minimum Gasteiger partial charge on any atom is -0.349 e.